The second-order valence-corrected chi connectivity index (χ2v) is 10.2. The van der Waals surface area contributed by atoms with Crippen LogP contribution < -0.4 is 5.32 Å². The predicted octanol–water partition coefficient (Wildman–Crippen LogP) is 6.32. The Kier molecular flexibility index (Phi) is 5.98. The molecule has 1 N–H and O–H groups in total. The van der Waals surface area contributed by atoms with Crippen LogP contribution >= 0.6 is 23.2 Å². The van der Waals surface area contributed by atoms with Gasteiger partial charge in [-0.3, -0.25) is 4.79 Å². The van der Waals surface area contributed by atoms with Crippen LogP contribution in [0.2, 0.25) is 10.0 Å². The Balaban J connectivity index is 1.62. The van der Waals surface area contributed by atoms with Gasteiger partial charge in [0.1, 0.15) is 0 Å². The van der Waals surface area contributed by atoms with Crippen molar-refractivity contribution in [3.05, 3.63) is 33.8 Å². The number of nitrogens with one attached hydrogen (secondary N) is 1. The quantitative estimate of drug-likeness (QED) is 0.616. The Morgan fingerprint density at radius 1 is 1.18 bits per heavy atom. The van der Waals surface area contributed by atoms with E-state index in [0.29, 0.717) is 21.9 Å². The summed E-state index contributed by atoms with van der Waals surface area (Å²) < 4.78 is 6.59. The molecule has 5 heteroatoms. The Bertz CT molecular complexity index is 733. The molecule has 3 aliphatic rings. The monoisotopic (exact) mass is 423 g/mol. The first-order valence-electron chi connectivity index (χ1n) is 10.8. The minimum Gasteiger partial charge on any atom is -0.370 e. The van der Waals surface area contributed by atoms with Crippen LogP contribution in [-0.4, -0.2) is 17.6 Å². The molecule has 0 radical (unpaired) electrons. The van der Waals surface area contributed by atoms with Gasteiger partial charge in [0.25, 0.3) is 0 Å². The summed E-state index contributed by atoms with van der Waals surface area (Å²) in [5.41, 5.74) is 0.658. The first-order chi connectivity index (χ1) is 13.4. The summed E-state index contributed by atoms with van der Waals surface area (Å²) in [6.07, 6.45) is 8.45. The van der Waals surface area contributed by atoms with Crippen LogP contribution in [0.15, 0.2) is 18.2 Å². The van der Waals surface area contributed by atoms with Gasteiger partial charge in [-0.2, -0.15) is 0 Å². The van der Waals surface area contributed by atoms with Crippen LogP contribution in [0.4, 0.5) is 0 Å². The largest absolute Gasteiger partial charge is 0.370 e. The Morgan fingerprint density at radius 2 is 1.93 bits per heavy atom. The van der Waals surface area contributed by atoms with Crippen LogP contribution in [0, 0.1) is 17.8 Å². The van der Waals surface area contributed by atoms with Crippen molar-refractivity contribution in [2.24, 2.45) is 17.8 Å². The third-order valence-electron chi connectivity index (χ3n) is 7.28. The van der Waals surface area contributed by atoms with Crippen LogP contribution in [-0.2, 0) is 9.53 Å². The number of fused-ring (bicyclic) bond motifs is 1. The molecule has 0 bridgehead atoms. The van der Waals surface area contributed by atoms with Crippen molar-refractivity contribution in [2.75, 3.05) is 0 Å². The van der Waals surface area contributed by atoms with Gasteiger partial charge in [0.2, 0.25) is 5.91 Å². The zero-order valence-electron chi connectivity index (χ0n) is 16.8. The molecular weight excluding hydrogens is 393 g/mol. The maximum Gasteiger partial charge on any atom is 0.223 e. The van der Waals surface area contributed by atoms with E-state index in [-0.39, 0.29) is 29.6 Å². The van der Waals surface area contributed by atoms with E-state index in [4.69, 9.17) is 27.9 Å². The Hall–Kier alpha value is -0.770. The lowest BCUT2D eigenvalue weighted by atomic mass is 9.66. The fraction of sp³-hybridized carbons (Fsp3) is 0.696. The lowest BCUT2D eigenvalue weighted by molar-refractivity contribution is -0.155. The lowest BCUT2D eigenvalue weighted by Crippen LogP contribution is -2.61. The van der Waals surface area contributed by atoms with Crippen molar-refractivity contribution in [1.29, 1.82) is 0 Å². The molecular formula is C23H31Cl2NO2. The van der Waals surface area contributed by atoms with Crippen molar-refractivity contribution < 1.29 is 9.53 Å². The third-order valence-corrected chi connectivity index (χ3v) is 8.12. The van der Waals surface area contributed by atoms with Gasteiger partial charge in [-0.1, -0.05) is 61.5 Å². The van der Waals surface area contributed by atoms with Crippen LogP contribution in [0.5, 0.6) is 0 Å². The van der Waals surface area contributed by atoms with Crippen molar-refractivity contribution >= 4 is 29.1 Å². The van der Waals surface area contributed by atoms with Gasteiger partial charge < -0.3 is 10.1 Å². The fourth-order valence-corrected chi connectivity index (χ4v) is 6.10. The van der Waals surface area contributed by atoms with E-state index < -0.39 is 0 Å². The van der Waals surface area contributed by atoms with Crippen molar-refractivity contribution in [1.82, 2.24) is 5.32 Å². The number of hydrogen-bond donors (Lipinski definition) is 1. The molecule has 4 rings (SSSR count). The van der Waals surface area contributed by atoms with Crippen LogP contribution in [0.25, 0.3) is 0 Å². The zero-order chi connectivity index (χ0) is 19.9. The molecule has 1 aliphatic heterocycles. The molecule has 1 saturated heterocycles. The average Bonchev–Trinajstić information content (AvgIpc) is 3.18. The van der Waals surface area contributed by atoms with Gasteiger partial charge in [-0.25, -0.2) is 0 Å². The summed E-state index contributed by atoms with van der Waals surface area (Å²) in [6.45, 7) is 4.52. The SMILES string of the molecule is C[C@H]1CC[C@H]2[C@H](C1)O[C@H](c1cccc(Cl)c1Cl)C[C@]2(C)NC(=O)C1CCCC1. The van der Waals surface area contributed by atoms with Gasteiger partial charge >= 0.3 is 0 Å². The molecule has 0 aromatic heterocycles. The van der Waals surface area contributed by atoms with Crippen molar-refractivity contribution in [2.45, 2.75) is 83.0 Å². The second-order valence-electron chi connectivity index (χ2n) is 9.42. The van der Waals surface area contributed by atoms with E-state index >= 15 is 0 Å². The van der Waals surface area contributed by atoms with Gasteiger partial charge in [0.05, 0.1) is 22.3 Å². The highest BCUT2D eigenvalue weighted by molar-refractivity contribution is 6.42. The fourth-order valence-electron chi connectivity index (χ4n) is 5.67. The van der Waals surface area contributed by atoms with E-state index in [1.807, 2.05) is 18.2 Å². The normalized spacial score (nSPS) is 36.1. The average molecular weight is 424 g/mol. The van der Waals surface area contributed by atoms with Crippen LogP contribution in [0.1, 0.15) is 76.9 Å². The summed E-state index contributed by atoms with van der Waals surface area (Å²) in [5, 5.41) is 4.61. The predicted molar refractivity (Wildman–Crippen MR) is 114 cm³/mol. The van der Waals surface area contributed by atoms with Crippen molar-refractivity contribution in [3.8, 4) is 0 Å². The molecule has 1 aromatic rings. The number of hydrogen-bond acceptors (Lipinski definition) is 2. The van der Waals surface area contributed by atoms with Gasteiger partial charge in [-0.05, 0) is 44.6 Å². The summed E-state index contributed by atoms with van der Waals surface area (Å²) in [4.78, 5) is 13.0. The van der Waals surface area contributed by atoms with E-state index in [1.165, 1.54) is 19.3 Å². The maximum absolute atomic E-state index is 13.0. The molecule has 1 aromatic carbocycles. The molecule has 3 fully saturated rings. The molecule has 0 spiro atoms. The number of carbonyl (C=O) groups is 1. The summed E-state index contributed by atoms with van der Waals surface area (Å²) >= 11 is 12.8. The highest BCUT2D eigenvalue weighted by Crippen LogP contribution is 2.49. The van der Waals surface area contributed by atoms with Crippen molar-refractivity contribution in [3.63, 3.8) is 0 Å². The smallest absolute Gasteiger partial charge is 0.223 e. The number of ether oxygens (including phenoxy) is 1. The number of rotatable bonds is 3. The van der Waals surface area contributed by atoms with Gasteiger partial charge in [-0.15, -0.1) is 0 Å². The van der Waals surface area contributed by atoms with E-state index in [2.05, 4.69) is 19.2 Å². The summed E-state index contributed by atoms with van der Waals surface area (Å²) in [5.74, 6) is 1.40. The third kappa shape index (κ3) is 3.95. The number of carbonyl (C=O) groups excluding carboxylic acids is 1. The van der Waals surface area contributed by atoms with Gasteiger partial charge in [0, 0.05) is 29.4 Å². The molecule has 5 atom stereocenters. The summed E-state index contributed by atoms with van der Waals surface area (Å²) in [7, 11) is 0. The van der Waals surface area contributed by atoms with E-state index in [1.54, 1.807) is 0 Å². The molecule has 2 saturated carbocycles. The van der Waals surface area contributed by atoms with Gasteiger partial charge in [0.15, 0.2) is 0 Å². The number of halogens is 2. The summed E-state index contributed by atoms with van der Waals surface area (Å²) in [6, 6.07) is 5.74. The number of amides is 1. The second kappa shape index (κ2) is 8.16. The van der Waals surface area contributed by atoms with Crippen LogP contribution in [0.3, 0.4) is 0 Å². The Morgan fingerprint density at radius 3 is 2.68 bits per heavy atom. The minimum absolute atomic E-state index is 0.145. The standard InChI is InChI=1S/C23H31Cl2NO2/c1-14-10-11-17-19(12-14)28-20(16-8-5-9-18(24)21(16)25)13-23(17,2)26-22(27)15-6-3-4-7-15/h5,8-9,14-15,17,19-20H,3-4,6-7,10-13H2,1-2H3,(H,26,27)/t14-,17-,19-,20-,23-/m0/s1. The maximum atomic E-state index is 13.0. The van der Waals surface area contributed by atoms with E-state index in [9.17, 15) is 4.79 Å². The Labute approximate surface area is 178 Å². The molecule has 0 unspecified atom stereocenters. The molecule has 3 nitrogen and oxygen atoms in total. The van der Waals surface area contributed by atoms with E-state index in [0.717, 1.165) is 37.7 Å². The highest BCUT2D eigenvalue weighted by Gasteiger charge is 2.50. The zero-order valence-corrected chi connectivity index (χ0v) is 18.4. The number of benzene rings is 1. The molecule has 154 valence electrons. The highest BCUT2D eigenvalue weighted by atomic mass is 35.5. The molecule has 1 amide bonds. The molecule has 1 heterocycles. The molecule has 28 heavy (non-hydrogen) atoms. The minimum atomic E-state index is -0.279. The molecule has 2 aliphatic carbocycles. The lowest BCUT2D eigenvalue weighted by Gasteiger charge is -2.52. The first-order valence-corrected chi connectivity index (χ1v) is 11.5. The topological polar surface area (TPSA) is 38.3 Å². The first kappa shape index (κ1) is 20.5.